The minimum atomic E-state index is -0.655. The van der Waals surface area contributed by atoms with Gasteiger partial charge in [0, 0.05) is 4.47 Å². The summed E-state index contributed by atoms with van der Waals surface area (Å²) in [5.41, 5.74) is 4.23. The number of aromatic nitrogens is 1. The van der Waals surface area contributed by atoms with E-state index in [0.717, 1.165) is 26.7 Å². The van der Waals surface area contributed by atoms with Crippen LogP contribution in [0.1, 0.15) is 42.1 Å². The highest BCUT2D eigenvalue weighted by Gasteiger charge is 2.33. The largest absolute Gasteiger partial charge is 0.486 e. The number of thiazole rings is 1. The SMILES string of the molecule is CCOC(=O)C1=C(C)N=c2s/c(=C/c3cc(Cl)c(OCc4ccc(Br)cc4)c(Br)c3)c(=O)n2[C@H]1c1ccc(C)cc1. The molecule has 0 saturated carbocycles. The Kier molecular flexibility index (Phi) is 8.99. The summed E-state index contributed by atoms with van der Waals surface area (Å²) in [5.74, 6) is 0.0327. The molecule has 41 heavy (non-hydrogen) atoms. The molecule has 4 aromatic rings. The first-order valence-electron chi connectivity index (χ1n) is 12.8. The van der Waals surface area contributed by atoms with Gasteiger partial charge in [0.1, 0.15) is 6.61 Å². The van der Waals surface area contributed by atoms with Crippen molar-refractivity contribution in [3.63, 3.8) is 0 Å². The zero-order chi connectivity index (χ0) is 29.3. The molecule has 0 amide bonds. The maximum Gasteiger partial charge on any atom is 0.338 e. The standard InChI is InChI=1S/C31H25Br2ClN2O4S/c1-4-39-30(38)26-18(3)35-31-36(27(26)21-9-5-17(2)6-10-21)29(37)25(41-31)15-20-13-23(33)28(24(34)14-20)40-16-19-7-11-22(32)12-8-19/h5-15,27H,4,16H2,1-3H3/b25-15+/t27-/m0/s1. The number of hydrogen-bond acceptors (Lipinski definition) is 6. The first-order chi connectivity index (χ1) is 19.7. The summed E-state index contributed by atoms with van der Waals surface area (Å²) in [5, 5.41) is 0.411. The van der Waals surface area contributed by atoms with E-state index in [1.54, 1.807) is 30.6 Å². The predicted molar refractivity (Wildman–Crippen MR) is 169 cm³/mol. The van der Waals surface area contributed by atoms with Crippen LogP contribution >= 0.6 is 54.8 Å². The molecular weight excluding hydrogens is 692 g/mol. The number of benzene rings is 3. The van der Waals surface area contributed by atoms with Crippen molar-refractivity contribution in [1.29, 1.82) is 0 Å². The lowest BCUT2D eigenvalue weighted by Crippen LogP contribution is -2.39. The van der Waals surface area contributed by atoms with E-state index in [4.69, 9.17) is 21.1 Å². The number of fused-ring (bicyclic) bond motifs is 1. The number of carbonyl (C=O) groups is 1. The lowest BCUT2D eigenvalue weighted by atomic mass is 9.95. The van der Waals surface area contributed by atoms with Crippen LogP contribution in [0.15, 0.2) is 90.7 Å². The minimum absolute atomic E-state index is 0.221. The zero-order valence-corrected chi connectivity index (χ0v) is 27.2. The molecule has 0 unspecified atom stereocenters. The highest BCUT2D eigenvalue weighted by Crippen LogP contribution is 2.35. The zero-order valence-electron chi connectivity index (χ0n) is 22.4. The lowest BCUT2D eigenvalue weighted by Gasteiger charge is -2.24. The van der Waals surface area contributed by atoms with Gasteiger partial charge in [-0.05, 0) is 83.7 Å². The number of halogens is 3. The molecule has 6 nitrogen and oxygen atoms in total. The van der Waals surface area contributed by atoms with Gasteiger partial charge in [0.05, 0.1) is 37.9 Å². The van der Waals surface area contributed by atoms with E-state index in [-0.39, 0.29) is 12.2 Å². The average Bonchev–Trinajstić information content (AvgIpc) is 3.23. The van der Waals surface area contributed by atoms with Gasteiger partial charge in [-0.2, -0.15) is 0 Å². The summed E-state index contributed by atoms with van der Waals surface area (Å²) in [6.07, 6.45) is 1.77. The van der Waals surface area contributed by atoms with Crippen molar-refractivity contribution in [2.45, 2.75) is 33.4 Å². The van der Waals surface area contributed by atoms with Gasteiger partial charge in [0.15, 0.2) is 10.6 Å². The number of aryl methyl sites for hydroxylation is 1. The molecule has 210 valence electrons. The number of allylic oxidation sites excluding steroid dienone is 1. The van der Waals surface area contributed by atoms with Gasteiger partial charge < -0.3 is 9.47 Å². The quantitative estimate of drug-likeness (QED) is 0.196. The van der Waals surface area contributed by atoms with Crippen LogP contribution in [-0.4, -0.2) is 17.1 Å². The maximum atomic E-state index is 13.9. The average molecular weight is 717 g/mol. The number of rotatable bonds is 7. The van der Waals surface area contributed by atoms with E-state index in [2.05, 4.69) is 36.9 Å². The fourth-order valence-electron chi connectivity index (χ4n) is 4.54. The first-order valence-corrected chi connectivity index (χ1v) is 15.6. The van der Waals surface area contributed by atoms with Crippen molar-refractivity contribution in [1.82, 2.24) is 4.57 Å². The molecule has 0 radical (unpaired) electrons. The van der Waals surface area contributed by atoms with Crippen LogP contribution < -0.4 is 19.6 Å². The molecule has 0 aliphatic carbocycles. The Labute approximate surface area is 262 Å². The number of nitrogens with zero attached hydrogens (tertiary/aromatic N) is 2. The first kappa shape index (κ1) is 29.5. The van der Waals surface area contributed by atoms with Crippen LogP contribution in [0.3, 0.4) is 0 Å². The third-order valence-electron chi connectivity index (χ3n) is 6.52. The molecule has 0 spiro atoms. The van der Waals surface area contributed by atoms with Crippen molar-refractivity contribution < 1.29 is 14.3 Å². The molecule has 0 saturated heterocycles. The number of carbonyl (C=O) groups excluding carboxylic acids is 1. The maximum absolute atomic E-state index is 13.9. The second-order valence-corrected chi connectivity index (χ2v) is 12.6. The van der Waals surface area contributed by atoms with E-state index >= 15 is 0 Å². The molecule has 5 rings (SSSR count). The van der Waals surface area contributed by atoms with Crippen LogP contribution in [0.4, 0.5) is 0 Å². The normalized spacial score (nSPS) is 15.0. The molecule has 1 aliphatic heterocycles. The Balaban J connectivity index is 1.54. The van der Waals surface area contributed by atoms with E-state index in [1.807, 2.05) is 61.5 Å². The van der Waals surface area contributed by atoms with Gasteiger partial charge in [0.25, 0.3) is 5.56 Å². The molecule has 2 heterocycles. The molecule has 10 heteroatoms. The monoisotopic (exact) mass is 714 g/mol. The molecule has 0 fully saturated rings. The summed E-state index contributed by atoms with van der Waals surface area (Å²) in [6, 6.07) is 18.6. The van der Waals surface area contributed by atoms with E-state index in [9.17, 15) is 9.59 Å². The lowest BCUT2D eigenvalue weighted by molar-refractivity contribution is -0.139. The van der Waals surface area contributed by atoms with Crippen molar-refractivity contribution >= 4 is 66.8 Å². The molecule has 1 atom stereocenters. The summed E-state index contributed by atoms with van der Waals surface area (Å²) < 4.78 is 15.1. The van der Waals surface area contributed by atoms with Gasteiger partial charge in [0.2, 0.25) is 0 Å². The predicted octanol–water partition coefficient (Wildman–Crippen LogP) is 6.86. The highest BCUT2D eigenvalue weighted by atomic mass is 79.9. The Hall–Kier alpha value is -2.98. The van der Waals surface area contributed by atoms with Crippen molar-refractivity contribution in [3.05, 3.63) is 128 Å². The smallest absolute Gasteiger partial charge is 0.338 e. The molecule has 0 bridgehead atoms. The Bertz CT molecular complexity index is 1820. The molecule has 0 N–H and O–H groups in total. The summed E-state index contributed by atoms with van der Waals surface area (Å²) >= 11 is 14.9. The van der Waals surface area contributed by atoms with E-state index in [0.29, 0.717) is 42.5 Å². The second kappa shape index (κ2) is 12.5. The van der Waals surface area contributed by atoms with Crippen molar-refractivity contribution in [2.24, 2.45) is 4.99 Å². The Morgan fingerprint density at radius 3 is 2.46 bits per heavy atom. The second-order valence-electron chi connectivity index (χ2n) is 9.44. The van der Waals surface area contributed by atoms with E-state index in [1.165, 1.54) is 11.3 Å². The minimum Gasteiger partial charge on any atom is -0.486 e. The number of esters is 1. The molecule has 1 aromatic heterocycles. The van der Waals surface area contributed by atoms with Crippen LogP contribution in [0.2, 0.25) is 5.02 Å². The van der Waals surface area contributed by atoms with Crippen molar-refractivity contribution in [2.75, 3.05) is 6.61 Å². The summed E-state index contributed by atoms with van der Waals surface area (Å²) in [7, 11) is 0. The molecule has 1 aliphatic rings. The number of ether oxygens (including phenoxy) is 2. The number of hydrogen-bond donors (Lipinski definition) is 0. The van der Waals surface area contributed by atoms with Gasteiger partial charge >= 0.3 is 5.97 Å². The summed E-state index contributed by atoms with van der Waals surface area (Å²) in [4.78, 5) is 32.1. The molecular formula is C31H25Br2ClN2O4S. The Morgan fingerprint density at radius 1 is 1.10 bits per heavy atom. The van der Waals surface area contributed by atoms with Gasteiger partial charge in [-0.15, -0.1) is 0 Å². The van der Waals surface area contributed by atoms with Gasteiger partial charge in [-0.3, -0.25) is 9.36 Å². The fraction of sp³-hybridized carbons (Fsp3) is 0.194. The van der Waals surface area contributed by atoms with Crippen LogP contribution in [0.5, 0.6) is 5.75 Å². The van der Waals surface area contributed by atoms with Gasteiger partial charge in [-0.25, -0.2) is 9.79 Å². The third-order valence-corrected chi connectivity index (χ3v) is 8.91. The van der Waals surface area contributed by atoms with Crippen LogP contribution in [0.25, 0.3) is 6.08 Å². The Morgan fingerprint density at radius 2 is 1.80 bits per heavy atom. The topological polar surface area (TPSA) is 69.9 Å². The van der Waals surface area contributed by atoms with Crippen molar-refractivity contribution in [3.8, 4) is 5.75 Å². The van der Waals surface area contributed by atoms with Gasteiger partial charge in [-0.1, -0.05) is 80.8 Å². The highest BCUT2D eigenvalue weighted by molar-refractivity contribution is 9.10. The fourth-order valence-corrected chi connectivity index (χ4v) is 6.84. The third kappa shape index (κ3) is 6.28. The molecule has 3 aromatic carbocycles. The van der Waals surface area contributed by atoms with Crippen LogP contribution in [-0.2, 0) is 16.1 Å². The van der Waals surface area contributed by atoms with Crippen LogP contribution in [0, 0.1) is 6.92 Å². The van der Waals surface area contributed by atoms with E-state index < -0.39 is 12.0 Å². The summed E-state index contributed by atoms with van der Waals surface area (Å²) in [6.45, 7) is 6.09.